The molecule has 0 bridgehead atoms. The first-order valence-electron chi connectivity index (χ1n) is 3.92. The molecule has 0 atom stereocenters. The van der Waals surface area contributed by atoms with Gasteiger partial charge in [-0.3, -0.25) is 0 Å². The van der Waals surface area contributed by atoms with Crippen molar-refractivity contribution in [3.63, 3.8) is 0 Å². The molecule has 0 fully saturated rings. The molecule has 1 aromatic heterocycles. The molecule has 0 N–H and O–H groups in total. The standard InChI is InChI=1S/C9H7ClN2O2/c1-2-14-9(13)6-3-7(5-11)12-8(10)4-6/h3-4H,2H2,1H3. The summed E-state index contributed by atoms with van der Waals surface area (Å²) in [7, 11) is 0. The second kappa shape index (κ2) is 4.58. The Labute approximate surface area is 86.1 Å². The van der Waals surface area contributed by atoms with E-state index in [0.29, 0.717) is 0 Å². The summed E-state index contributed by atoms with van der Waals surface area (Å²) < 4.78 is 4.75. The van der Waals surface area contributed by atoms with Crippen molar-refractivity contribution >= 4 is 17.6 Å². The number of rotatable bonds is 2. The first-order valence-corrected chi connectivity index (χ1v) is 4.30. The fourth-order valence-electron chi connectivity index (χ4n) is 0.886. The summed E-state index contributed by atoms with van der Waals surface area (Å²) in [6, 6.07) is 4.50. The number of aromatic nitrogens is 1. The number of halogens is 1. The van der Waals surface area contributed by atoms with Crippen molar-refractivity contribution in [2.75, 3.05) is 6.61 Å². The minimum atomic E-state index is -0.506. The number of hydrogen-bond donors (Lipinski definition) is 0. The Morgan fingerprint density at radius 3 is 3.00 bits per heavy atom. The molecule has 0 aliphatic carbocycles. The van der Waals surface area contributed by atoms with Gasteiger partial charge in [0.2, 0.25) is 0 Å². The summed E-state index contributed by atoms with van der Waals surface area (Å²) in [6.07, 6.45) is 0. The predicted molar refractivity (Wildman–Crippen MR) is 49.9 cm³/mol. The van der Waals surface area contributed by atoms with Gasteiger partial charge in [0.1, 0.15) is 16.9 Å². The summed E-state index contributed by atoms with van der Waals surface area (Å²) in [6.45, 7) is 1.98. The Bertz CT molecular complexity index is 398. The number of nitriles is 1. The van der Waals surface area contributed by atoms with E-state index in [9.17, 15) is 4.79 Å². The fraction of sp³-hybridized carbons (Fsp3) is 0.222. The van der Waals surface area contributed by atoms with E-state index in [4.69, 9.17) is 21.6 Å². The zero-order valence-corrected chi connectivity index (χ0v) is 8.21. The van der Waals surface area contributed by atoms with Crippen LogP contribution in [0.25, 0.3) is 0 Å². The molecule has 0 saturated heterocycles. The Balaban J connectivity index is 3.04. The summed E-state index contributed by atoms with van der Waals surface area (Å²) >= 11 is 5.60. The molecule has 0 unspecified atom stereocenters. The highest BCUT2D eigenvalue weighted by molar-refractivity contribution is 6.29. The van der Waals surface area contributed by atoms with E-state index < -0.39 is 5.97 Å². The lowest BCUT2D eigenvalue weighted by Gasteiger charge is -2.01. The molecule has 0 aliphatic rings. The average molecular weight is 211 g/mol. The van der Waals surface area contributed by atoms with Gasteiger partial charge in [-0.05, 0) is 19.1 Å². The van der Waals surface area contributed by atoms with Gasteiger partial charge >= 0.3 is 5.97 Å². The minimum absolute atomic E-state index is 0.0977. The molecular formula is C9H7ClN2O2. The molecule has 0 spiro atoms. The molecule has 0 saturated carbocycles. The lowest BCUT2D eigenvalue weighted by Crippen LogP contribution is -2.05. The molecule has 0 aliphatic heterocycles. The lowest BCUT2D eigenvalue weighted by molar-refractivity contribution is 0.0526. The van der Waals surface area contributed by atoms with Gasteiger partial charge in [0.25, 0.3) is 0 Å². The molecular weight excluding hydrogens is 204 g/mol. The third-order valence-corrected chi connectivity index (χ3v) is 1.61. The number of carbonyl (C=O) groups is 1. The van der Waals surface area contributed by atoms with Gasteiger partial charge in [-0.15, -0.1) is 0 Å². The first kappa shape index (κ1) is 10.5. The quantitative estimate of drug-likeness (QED) is 0.551. The van der Waals surface area contributed by atoms with Gasteiger partial charge < -0.3 is 4.74 Å². The maximum absolute atomic E-state index is 11.2. The molecule has 1 aromatic rings. The van der Waals surface area contributed by atoms with Crippen LogP contribution in [0.4, 0.5) is 0 Å². The normalized spacial score (nSPS) is 9.21. The van der Waals surface area contributed by atoms with Crippen LogP contribution >= 0.6 is 11.6 Å². The van der Waals surface area contributed by atoms with Crippen molar-refractivity contribution < 1.29 is 9.53 Å². The van der Waals surface area contributed by atoms with E-state index in [2.05, 4.69) is 4.98 Å². The summed E-state index contributed by atoms with van der Waals surface area (Å²) in [5.41, 5.74) is 0.337. The monoisotopic (exact) mass is 210 g/mol. The van der Waals surface area contributed by atoms with Gasteiger partial charge in [-0.1, -0.05) is 11.6 Å². The first-order chi connectivity index (χ1) is 6.67. The highest BCUT2D eigenvalue weighted by Crippen LogP contribution is 2.11. The summed E-state index contributed by atoms with van der Waals surface area (Å²) in [5, 5.41) is 8.68. The molecule has 0 radical (unpaired) electrons. The van der Waals surface area contributed by atoms with Crippen molar-refractivity contribution in [1.29, 1.82) is 5.26 Å². The molecule has 1 rings (SSSR count). The Kier molecular flexibility index (Phi) is 3.43. The maximum atomic E-state index is 11.2. The highest BCUT2D eigenvalue weighted by Gasteiger charge is 2.09. The van der Waals surface area contributed by atoms with Crippen LogP contribution in [0.5, 0.6) is 0 Å². The van der Waals surface area contributed by atoms with E-state index >= 15 is 0 Å². The Morgan fingerprint density at radius 2 is 2.43 bits per heavy atom. The van der Waals surface area contributed by atoms with Gasteiger partial charge in [0.05, 0.1) is 12.2 Å². The summed E-state index contributed by atoms with van der Waals surface area (Å²) in [4.78, 5) is 14.9. The van der Waals surface area contributed by atoms with E-state index in [1.165, 1.54) is 12.1 Å². The van der Waals surface area contributed by atoms with Crippen molar-refractivity contribution in [3.8, 4) is 6.07 Å². The highest BCUT2D eigenvalue weighted by atomic mass is 35.5. The Morgan fingerprint density at radius 1 is 1.71 bits per heavy atom. The number of esters is 1. The van der Waals surface area contributed by atoms with Crippen LogP contribution in [0.1, 0.15) is 23.0 Å². The zero-order chi connectivity index (χ0) is 10.6. The second-order valence-corrected chi connectivity index (χ2v) is 2.78. The van der Waals surface area contributed by atoms with Crippen LogP contribution in [0.2, 0.25) is 5.15 Å². The Hall–Kier alpha value is -1.60. The molecule has 72 valence electrons. The van der Waals surface area contributed by atoms with Crippen LogP contribution in [-0.2, 0) is 4.74 Å². The number of ether oxygens (including phenoxy) is 1. The van der Waals surface area contributed by atoms with E-state index in [0.717, 1.165) is 0 Å². The summed E-state index contributed by atoms with van der Waals surface area (Å²) in [5.74, 6) is -0.506. The maximum Gasteiger partial charge on any atom is 0.338 e. The fourth-order valence-corrected chi connectivity index (χ4v) is 1.10. The molecule has 14 heavy (non-hydrogen) atoms. The average Bonchev–Trinajstić information content (AvgIpc) is 2.17. The van der Waals surface area contributed by atoms with Crippen LogP contribution in [0.15, 0.2) is 12.1 Å². The number of pyridine rings is 1. The van der Waals surface area contributed by atoms with Crippen LogP contribution in [0.3, 0.4) is 0 Å². The third kappa shape index (κ3) is 2.44. The van der Waals surface area contributed by atoms with Crippen molar-refractivity contribution in [2.45, 2.75) is 6.92 Å². The SMILES string of the molecule is CCOC(=O)c1cc(Cl)nc(C#N)c1. The molecule has 4 nitrogen and oxygen atoms in total. The zero-order valence-electron chi connectivity index (χ0n) is 7.45. The number of nitrogens with zero attached hydrogens (tertiary/aromatic N) is 2. The molecule has 5 heteroatoms. The van der Waals surface area contributed by atoms with E-state index in [-0.39, 0.29) is 23.0 Å². The molecule has 0 aromatic carbocycles. The van der Waals surface area contributed by atoms with Gasteiger partial charge in [0, 0.05) is 0 Å². The van der Waals surface area contributed by atoms with Gasteiger partial charge in [-0.25, -0.2) is 9.78 Å². The number of carbonyl (C=O) groups excluding carboxylic acids is 1. The predicted octanol–water partition coefficient (Wildman–Crippen LogP) is 1.78. The van der Waals surface area contributed by atoms with Crippen LogP contribution in [-0.4, -0.2) is 17.6 Å². The largest absolute Gasteiger partial charge is 0.462 e. The van der Waals surface area contributed by atoms with Crippen molar-refractivity contribution in [1.82, 2.24) is 4.98 Å². The topological polar surface area (TPSA) is 63.0 Å². The van der Waals surface area contributed by atoms with E-state index in [1.807, 2.05) is 0 Å². The third-order valence-electron chi connectivity index (χ3n) is 1.42. The minimum Gasteiger partial charge on any atom is -0.462 e. The van der Waals surface area contributed by atoms with E-state index in [1.54, 1.807) is 13.0 Å². The molecule has 0 amide bonds. The van der Waals surface area contributed by atoms with Crippen molar-refractivity contribution in [3.05, 3.63) is 28.5 Å². The van der Waals surface area contributed by atoms with Crippen molar-refractivity contribution in [2.24, 2.45) is 0 Å². The smallest absolute Gasteiger partial charge is 0.338 e. The van der Waals surface area contributed by atoms with Gasteiger partial charge in [0.15, 0.2) is 0 Å². The van der Waals surface area contributed by atoms with Crippen LogP contribution in [0, 0.1) is 11.3 Å². The van der Waals surface area contributed by atoms with Crippen LogP contribution < -0.4 is 0 Å². The lowest BCUT2D eigenvalue weighted by atomic mass is 10.2. The molecule has 1 heterocycles. The second-order valence-electron chi connectivity index (χ2n) is 2.40. The number of hydrogen-bond acceptors (Lipinski definition) is 4. The van der Waals surface area contributed by atoms with Gasteiger partial charge in [-0.2, -0.15) is 5.26 Å².